The van der Waals surface area contributed by atoms with Crippen LogP contribution in [0.4, 0.5) is 17.6 Å². The second-order valence-corrected chi connectivity index (χ2v) is 5.23. The van der Waals surface area contributed by atoms with E-state index in [9.17, 15) is 22.4 Å². The van der Waals surface area contributed by atoms with E-state index in [4.69, 9.17) is 14.6 Å². The number of aryl methyl sites for hydroxylation is 1. The fourth-order valence-corrected chi connectivity index (χ4v) is 2.16. The lowest BCUT2D eigenvalue weighted by Crippen LogP contribution is -2.21. The average molecular weight is 387 g/mol. The molecule has 0 aliphatic rings. The summed E-state index contributed by atoms with van der Waals surface area (Å²) in [6, 6.07) is 9.97. The number of benzene rings is 2. The Morgan fingerprint density at radius 1 is 1.15 bits per heavy atom. The largest absolute Gasteiger partial charge is 0.496 e. The molecule has 2 aromatic carbocycles. The van der Waals surface area contributed by atoms with Crippen LogP contribution in [0.5, 0.6) is 5.75 Å². The van der Waals surface area contributed by atoms with Crippen LogP contribution < -0.4 is 10.1 Å². The highest BCUT2D eigenvalue weighted by Gasteiger charge is 2.38. The third-order valence-electron chi connectivity index (χ3n) is 3.42. The monoisotopic (exact) mass is 387 g/mol. The van der Waals surface area contributed by atoms with Crippen molar-refractivity contribution in [3.63, 3.8) is 0 Å². The molecular weight excluding hydrogens is 370 g/mol. The number of alkyl halides is 3. The second-order valence-electron chi connectivity index (χ2n) is 5.23. The van der Waals surface area contributed by atoms with Crippen LogP contribution in [-0.4, -0.2) is 37.3 Å². The summed E-state index contributed by atoms with van der Waals surface area (Å²) in [7, 11) is 3.06. The minimum absolute atomic E-state index is 0.293. The van der Waals surface area contributed by atoms with Crippen LogP contribution in [-0.2, 0) is 4.79 Å². The third kappa shape index (κ3) is 5.70. The Bertz CT molecular complexity index is 835. The number of rotatable bonds is 3. The molecular formula is C18H17F4NO4. The van der Waals surface area contributed by atoms with Crippen molar-refractivity contribution in [3.8, 4) is 16.9 Å². The van der Waals surface area contributed by atoms with Crippen molar-refractivity contribution >= 4 is 11.9 Å². The number of carboxylic acid groups (broad SMARTS) is 1. The highest BCUT2D eigenvalue weighted by Crippen LogP contribution is 2.34. The summed E-state index contributed by atoms with van der Waals surface area (Å²) in [5.74, 6) is -2.91. The van der Waals surface area contributed by atoms with Crippen LogP contribution in [0.3, 0.4) is 0 Å². The molecule has 0 saturated carbocycles. The van der Waals surface area contributed by atoms with E-state index >= 15 is 0 Å². The minimum atomic E-state index is -5.08. The van der Waals surface area contributed by atoms with Gasteiger partial charge in [-0.15, -0.1) is 0 Å². The summed E-state index contributed by atoms with van der Waals surface area (Å²) in [6.45, 7) is 1.89. The van der Waals surface area contributed by atoms with Gasteiger partial charge in [0.1, 0.15) is 11.6 Å². The molecule has 0 atom stereocenters. The molecule has 0 spiro atoms. The Labute approximate surface area is 152 Å². The molecule has 0 unspecified atom stereocenters. The van der Waals surface area contributed by atoms with Crippen LogP contribution in [0.25, 0.3) is 11.1 Å². The summed E-state index contributed by atoms with van der Waals surface area (Å²) in [5.41, 5.74) is 2.33. The second kappa shape index (κ2) is 9.02. The quantitative estimate of drug-likeness (QED) is 0.786. The molecule has 0 radical (unpaired) electrons. The van der Waals surface area contributed by atoms with Crippen molar-refractivity contribution in [3.05, 3.63) is 53.3 Å². The van der Waals surface area contributed by atoms with Crippen molar-refractivity contribution < 1.29 is 37.0 Å². The van der Waals surface area contributed by atoms with Crippen LogP contribution in [0.1, 0.15) is 15.9 Å². The van der Waals surface area contributed by atoms with E-state index in [1.807, 2.05) is 19.1 Å². The SMILES string of the molecule is CNC(=O)c1ccc(-c2c(C)cccc2OC)c(F)c1.O=C(O)C(F)(F)F. The number of carbonyl (C=O) groups is 2. The molecule has 0 aliphatic carbocycles. The van der Waals surface area contributed by atoms with Crippen LogP contribution in [0.15, 0.2) is 36.4 Å². The fraction of sp³-hybridized carbons (Fsp3) is 0.222. The molecule has 2 rings (SSSR count). The van der Waals surface area contributed by atoms with Gasteiger partial charge in [0.2, 0.25) is 0 Å². The predicted octanol–water partition coefficient (Wildman–Crippen LogP) is 3.80. The maximum absolute atomic E-state index is 14.3. The van der Waals surface area contributed by atoms with Crippen LogP contribution >= 0.6 is 0 Å². The molecule has 0 bridgehead atoms. The van der Waals surface area contributed by atoms with Gasteiger partial charge in [-0.1, -0.05) is 18.2 Å². The van der Waals surface area contributed by atoms with Gasteiger partial charge in [-0.05, 0) is 30.7 Å². The molecule has 0 saturated heterocycles. The Kier molecular flexibility index (Phi) is 7.33. The molecule has 0 fully saturated rings. The molecule has 0 aliphatic heterocycles. The topological polar surface area (TPSA) is 75.6 Å². The van der Waals surface area contributed by atoms with E-state index in [-0.39, 0.29) is 5.91 Å². The van der Waals surface area contributed by atoms with Gasteiger partial charge in [0.05, 0.1) is 7.11 Å². The molecule has 146 valence electrons. The maximum atomic E-state index is 14.3. The lowest BCUT2D eigenvalue weighted by atomic mass is 9.97. The van der Waals surface area contributed by atoms with Gasteiger partial charge < -0.3 is 15.2 Å². The third-order valence-corrected chi connectivity index (χ3v) is 3.42. The van der Waals surface area contributed by atoms with Gasteiger partial charge >= 0.3 is 12.1 Å². The Morgan fingerprint density at radius 2 is 1.74 bits per heavy atom. The number of ether oxygens (including phenoxy) is 1. The highest BCUT2D eigenvalue weighted by atomic mass is 19.4. The van der Waals surface area contributed by atoms with Gasteiger partial charge in [-0.25, -0.2) is 9.18 Å². The first-order valence-corrected chi connectivity index (χ1v) is 7.48. The first-order valence-electron chi connectivity index (χ1n) is 7.48. The van der Waals surface area contributed by atoms with Crippen molar-refractivity contribution in [1.29, 1.82) is 0 Å². The molecule has 0 aromatic heterocycles. The Hall–Kier alpha value is -3.10. The fourth-order valence-electron chi connectivity index (χ4n) is 2.16. The number of hydrogen-bond acceptors (Lipinski definition) is 3. The summed E-state index contributed by atoms with van der Waals surface area (Å²) in [5, 5.41) is 9.60. The molecule has 0 heterocycles. The average Bonchev–Trinajstić information content (AvgIpc) is 2.60. The molecule has 27 heavy (non-hydrogen) atoms. The summed E-state index contributed by atoms with van der Waals surface area (Å²) in [6.07, 6.45) is -5.08. The number of aliphatic carboxylic acids is 1. The van der Waals surface area contributed by atoms with E-state index < -0.39 is 18.0 Å². The lowest BCUT2D eigenvalue weighted by molar-refractivity contribution is -0.192. The van der Waals surface area contributed by atoms with Crippen LogP contribution in [0.2, 0.25) is 0 Å². The van der Waals surface area contributed by atoms with Gasteiger partial charge in [0.25, 0.3) is 5.91 Å². The molecule has 9 heteroatoms. The minimum Gasteiger partial charge on any atom is -0.496 e. The van der Waals surface area contributed by atoms with Crippen molar-refractivity contribution in [1.82, 2.24) is 5.32 Å². The van der Waals surface area contributed by atoms with Gasteiger partial charge in [-0.3, -0.25) is 4.79 Å². The number of carboxylic acids is 1. The zero-order valence-electron chi connectivity index (χ0n) is 14.6. The van der Waals surface area contributed by atoms with Gasteiger partial charge in [-0.2, -0.15) is 13.2 Å². The molecule has 2 aromatic rings. The normalized spacial score (nSPS) is 10.5. The Balaban J connectivity index is 0.000000445. The van der Waals surface area contributed by atoms with Crippen molar-refractivity contribution in [2.45, 2.75) is 13.1 Å². The van der Waals surface area contributed by atoms with E-state index in [1.54, 1.807) is 25.3 Å². The number of nitrogens with one attached hydrogen (secondary N) is 1. The summed E-state index contributed by atoms with van der Waals surface area (Å²) >= 11 is 0. The first kappa shape index (κ1) is 21.9. The number of methoxy groups -OCH3 is 1. The van der Waals surface area contributed by atoms with Crippen LogP contribution in [0, 0.1) is 12.7 Å². The number of hydrogen-bond donors (Lipinski definition) is 2. The summed E-state index contributed by atoms with van der Waals surface area (Å²) in [4.78, 5) is 20.4. The van der Waals surface area contributed by atoms with Gasteiger partial charge in [0, 0.05) is 23.7 Å². The smallest absolute Gasteiger partial charge is 0.490 e. The number of carbonyl (C=O) groups excluding carboxylic acids is 1. The molecule has 2 N–H and O–H groups in total. The van der Waals surface area contributed by atoms with E-state index in [2.05, 4.69) is 5.32 Å². The van der Waals surface area contributed by atoms with Crippen molar-refractivity contribution in [2.24, 2.45) is 0 Å². The zero-order chi connectivity index (χ0) is 20.8. The highest BCUT2D eigenvalue weighted by molar-refractivity contribution is 5.94. The Morgan fingerprint density at radius 3 is 2.19 bits per heavy atom. The lowest BCUT2D eigenvalue weighted by Gasteiger charge is -2.13. The molecule has 5 nitrogen and oxygen atoms in total. The van der Waals surface area contributed by atoms with E-state index in [0.717, 1.165) is 5.56 Å². The van der Waals surface area contributed by atoms with E-state index in [1.165, 1.54) is 13.1 Å². The summed E-state index contributed by atoms with van der Waals surface area (Å²) < 4.78 is 51.3. The zero-order valence-corrected chi connectivity index (χ0v) is 14.6. The maximum Gasteiger partial charge on any atom is 0.490 e. The van der Waals surface area contributed by atoms with Crippen molar-refractivity contribution in [2.75, 3.05) is 14.2 Å². The predicted molar refractivity (Wildman–Crippen MR) is 90.2 cm³/mol. The number of amides is 1. The first-order chi connectivity index (χ1) is 12.5. The van der Waals surface area contributed by atoms with Gasteiger partial charge in [0.15, 0.2) is 0 Å². The van der Waals surface area contributed by atoms with E-state index in [0.29, 0.717) is 22.4 Å². The molecule has 1 amide bonds. The number of halogens is 4. The standard InChI is InChI=1S/C16H16FNO2.C2HF3O2/c1-10-5-4-6-14(20-3)15(10)12-8-7-11(9-13(12)17)16(19)18-2;3-2(4,5)1(6)7/h4-9H,1-3H3,(H,18,19);(H,6,7).